The molecule has 3 aromatic carbocycles. The lowest BCUT2D eigenvalue weighted by Gasteiger charge is -2.24. The van der Waals surface area contributed by atoms with Gasteiger partial charge in [-0.3, -0.25) is 9.10 Å². The number of thioether (sulfide) groups is 1. The molecule has 0 aliphatic carbocycles. The Bertz CT molecular complexity index is 1120. The molecule has 1 amide bonds. The van der Waals surface area contributed by atoms with Crippen LogP contribution in [0.25, 0.3) is 0 Å². The molecule has 0 fully saturated rings. The van der Waals surface area contributed by atoms with E-state index >= 15 is 0 Å². The van der Waals surface area contributed by atoms with Crippen molar-refractivity contribution in [2.24, 2.45) is 0 Å². The van der Waals surface area contributed by atoms with Gasteiger partial charge in [-0.05, 0) is 54.6 Å². The first-order valence-corrected chi connectivity index (χ1v) is 12.0. The van der Waals surface area contributed by atoms with Gasteiger partial charge in [0.15, 0.2) is 0 Å². The van der Waals surface area contributed by atoms with Gasteiger partial charge in [-0.1, -0.05) is 49.4 Å². The van der Waals surface area contributed by atoms with Gasteiger partial charge in [-0.15, -0.1) is 11.8 Å². The topological polar surface area (TPSA) is 66.5 Å². The Hall–Kier alpha value is -2.77. The number of carbonyl (C=O) groups excluding carboxylic acids is 1. The lowest BCUT2D eigenvalue weighted by molar-refractivity contribution is -0.114. The Kier molecular flexibility index (Phi) is 7.18. The first kappa shape index (κ1) is 21.9. The number of hydrogen-bond acceptors (Lipinski definition) is 4. The van der Waals surface area contributed by atoms with E-state index in [0.717, 1.165) is 20.5 Å². The molecule has 0 spiro atoms. The number of hydrogen-bond donors (Lipinski definition) is 1. The van der Waals surface area contributed by atoms with Crippen LogP contribution in [0.1, 0.15) is 12.5 Å². The molecular weight excluding hydrogens is 416 g/mol. The molecule has 0 aliphatic heterocycles. The van der Waals surface area contributed by atoms with Crippen molar-refractivity contribution in [1.82, 2.24) is 0 Å². The van der Waals surface area contributed by atoms with Gasteiger partial charge in [-0.2, -0.15) is 0 Å². The molecular formula is C23H24N2O3S2. The van der Waals surface area contributed by atoms with E-state index in [1.54, 1.807) is 48.2 Å². The number of nitrogens with one attached hydrogen (secondary N) is 1. The molecule has 0 radical (unpaired) electrons. The second-order valence-corrected chi connectivity index (χ2v) is 9.81. The average molecular weight is 441 g/mol. The van der Waals surface area contributed by atoms with Crippen LogP contribution < -0.4 is 9.62 Å². The predicted octanol–water partition coefficient (Wildman–Crippen LogP) is 4.94. The summed E-state index contributed by atoms with van der Waals surface area (Å²) in [6.07, 6.45) is 0. The summed E-state index contributed by atoms with van der Waals surface area (Å²) in [4.78, 5) is 14.0. The molecule has 0 saturated heterocycles. The molecule has 0 heterocycles. The maximum absolute atomic E-state index is 13.3. The monoisotopic (exact) mass is 440 g/mol. The number of amides is 1. The van der Waals surface area contributed by atoms with Gasteiger partial charge in [0.25, 0.3) is 10.0 Å². The number of benzene rings is 3. The van der Waals surface area contributed by atoms with E-state index in [4.69, 9.17) is 0 Å². The summed E-state index contributed by atoms with van der Waals surface area (Å²) < 4.78 is 27.8. The summed E-state index contributed by atoms with van der Waals surface area (Å²) in [5.74, 6) is 0.463. The summed E-state index contributed by atoms with van der Waals surface area (Å²) in [7, 11) is -3.91. The van der Waals surface area contributed by atoms with Gasteiger partial charge in [0.05, 0.1) is 16.3 Å². The van der Waals surface area contributed by atoms with Gasteiger partial charge in [0.1, 0.15) is 6.54 Å². The third-order valence-corrected chi connectivity index (χ3v) is 7.11. The highest BCUT2D eigenvalue weighted by Crippen LogP contribution is 2.28. The van der Waals surface area contributed by atoms with E-state index in [1.165, 1.54) is 12.1 Å². The number of para-hydroxylation sites is 1. The van der Waals surface area contributed by atoms with Crippen LogP contribution in [0, 0.1) is 6.92 Å². The van der Waals surface area contributed by atoms with Gasteiger partial charge in [-0.25, -0.2) is 8.42 Å². The highest BCUT2D eigenvalue weighted by Gasteiger charge is 2.27. The van der Waals surface area contributed by atoms with E-state index < -0.39 is 15.9 Å². The average Bonchev–Trinajstić information content (AvgIpc) is 2.74. The zero-order valence-corrected chi connectivity index (χ0v) is 18.5. The van der Waals surface area contributed by atoms with Crippen molar-refractivity contribution in [3.63, 3.8) is 0 Å². The maximum atomic E-state index is 13.3. The van der Waals surface area contributed by atoms with Gasteiger partial charge in [0, 0.05) is 4.90 Å². The van der Waals surface area contributed by atoms with Crippen molar-refractivity contribution in [3.05, 3.63) is 84.4 Å². The van der Waals surface area contributed by atoms with Crippen molar-refractivity contribution in [2.45, 2.75) is 23.6 Å². The molecule has 0 bridgehead atoms. The molecule has 0 aromatic heterocycles. The Morgan fingerprint density at radius 1 is 0.967 bits per heavy atom. The van der Waals surface area contributed by atoms with Crippen LogP contribution >= 0.6 is 11.8 Å². The fraction of sp³-hybridized carbons (Fsp3) is 0.174. The van der Waals surface area contributed by atoms with Crippen molar-refractivity contribution < 1.29 is 13.2 Å². The van der Waals surface area contributed by atoms with Gasteiger partial charge >= 0.3 is 0 Å². The fourth-order valence-electron chi connectivity index (χ4n) is 2.99. The SMILES string of the molecule is CCSc1ccccc1NC(=O)CN(c1cccc(C)c1)S(=O)(=O)c1ccccc1. The lowest BCUT2D eigenvalue weighted by Crippen LogP contribution is -2.38. The zero-order chi connectivity index (χ0) is 21.6. The Morgan fingerprint density at radius 2 is 1.67 bits per heavy atom. The number of anilines is 2. The molecule has 1 N–H and O–H groups in total. The minimum atomic E-state index is -3.91. The van der Waals surface area contributed by atoms with Crippen LogP contribution in [0.4, 0.5) is 11.4 Å². The van der Waals surface area contributed by atoms with E-state index in [-0.39, 0.29) is 11.4 Å². The standard InChI is InChI=1S/C23H24N2O3S2/c1-3-29-22-15-8-7-14-21(22)24-23(26)17-25(19-11-9-10-18(2)16-19)30(27,28)20-12-5-4-6-13-20/h4-16H,3,17H2,1-2H3,(H,24,26). The normalized spacial score (nSPS) is 11.1. The number of rotatable bonds is 8. The summed E-state index contributed by atoms with van der Waals surface area (Å²) in [6, 6.07) is 22.8. The van der Waals surface area contributed by atoms with Crippen LogP contribution in [0.2, 0.25) is 0 Å². The predicted molar refractivity (Wildman–Crippen MR) is 124 cm³/mol. The summed E-state index contributed by atoms with van der Waals surface area (Å²) in [6.45, 7) is 3.59. The quantitative estimate of drug-likeness (QED) is 0.504. The van der Waals surface area contributed by atoms with Crippen LogP contribution in [0.15, 0.2) is 88.7 Å². The third kappa shape index (κ3) is 5.23. The number of carbonyl (C=O) groups is 1. The third-order valence-electron chi connectivity index (χ3n) is 4.37. The minimum Gasteiger partial charge on any atom is -0.323 e. The maximum Gasteiger partial charge on any atom is 0.264 e. The molecule has 0 unspecified atom stereocenters. The van der Waals surface area contributed by atoms with Crippen LogP contribution in [0.3, 0.4) is 0 Å². The van der Waals surface area contributed by atoms with Crippen molar-refractivity contribution >= 4 is 39.1 Å². The van der Waals surface area contributed by atoms with E-state index in [0.29, 0.717) is 11.4 Å². The molecule has 30 heavy (non-hydrogen) atoms. The van der Waals surface area contributed by atoms with Gasteiger partial charge < -0.3 is 5.32 Å². The summed E-state index contributed by atoms with van der Waals surface area (Å²) >= 11 is 1.62. The van der Waals surface area contributed by atoms with Crippen molar-refractivity contribution in [1.29, 1.82) is 0 Å². The second kappa shape index (κ2) is 9.82. The molecule has 0 atom stereocenters. The van der Waals surface area contributed by atoms with Gasteiger partial charge in [0.2, 0.25) is 5.91 Å². The second-order valence-electron chi connectivity index (χ2n) is 6.64. The van der Waals surface area contributed by atoms with Crippen LogP contribution in [0.5, 0.6) is 0 Å². The summed E-state index contributed by atoms with van der Waals surface area (Å²) in [5, 5.41) is 2.87. The molecule has 156 valence electrons. The smallest absolute Gasteiger partial charge is 0.264 e. The largest absolute Gasteiger partial charge is 0.323 e. The molecule has 0 aliphatic rings. The Balaban J connectivity index is 1.93. The number of sulfonamides is 1. The number of nitrogens with zero attached hydrogens (tertiary/aromatic N) is 1. The van der Waals surface area contributed by atoms with Crippen molar-refractivity contribution in [2.75, 3.05) is 21.9 Å². The number of aryl methyl sites for hydroxylation is 1. The molecule has 7 heteroatoms. The first-order chi connectivity index (χ1) is 14.4. The van der Waals surface area contributed by atoms with Crippen molar-refractivity contribution in [3.8, 4) is 0 Å². The Morgan fingerprint density at radius 3 is 2.37 bits per heavy atom. The van der Waals surface area contributed by atoms with Crippen LogP contribution in [-0.4, -0.2) is 26.6 Å². The fourth-order valence-corrected chi connectivity index (χ4v) is 5.18. The van der Waals surface area contributed by atoms with Crippen LogP contribution in [-0.2, 0) is 14.8 Å². The highest BCUT2D eigenvalue weighted by molar-refractivity contribution is 7.99. The molecule has 5 nitrogen and oxygen atoms in total. The molecule has 0 saturated carbocycles. The summed E-state index contributed by atoms with van der Waals surface area (Å²) in [5.41, 5.74) is 2.03. The molecule has 3 aromatic rings. The molecule has 3 rings (SSSR count). The zero-order valence-electron chi connectivity index (χ0n) is 16.9. The minimum absolute atomic E-state index is 0.140. The highest BCUT2D eigenvalue weighted by atomic mass is 32.2. The van der Waals surface area contributed by atoms with E-state index in [2.05, 4.69) is 5.32 Å². The van der Waals surface area contributed by atoms with E-state index in [1.807, 2.05) is 44.2 Å². The first-order valence-electron chi connectivity index (χ1n) is 9.58. The van der Waals surface area contributed by atoms with E-state index in [9.17, 15) is 13.2 Å². The lowest BCUT2D eigenvalue weighted by atomic mass is 10.2. The Labute approximate surface area is 182 Å².